The van der Waals surface area contributed by atoms with Crippen LogP contribution in [-0.2, 0) is 0 Å². The molecule has 0 atom stereocenters. The molecule has 1 heterocycles. The van der Waals surface area contributed by atoms with E-state index >= 15 is 0 Å². The van der Waals surface area contributed by atoms with Gasteiger partial charge in [0.15, 0.2) is 11.5 Å². The molecule has 3 aromatic rings. The monoisotopic (exact) mass is 288 g/mol. The number of halogens is 1. The van der Waals surface area contributed by atoms with Crippen LogP contribution in [0, 0.1) is 5.82 Å². The summed E-state index contributed by atoms with van der Waals surface area (Å²) < 4.78 is 24.7. The lowest BCUT2D eigenvalue weighted by atomic mass is 10.1. The first-order valence-corrected chi connectivity index (χ1v) is 6.80. The molecule has 0 radical (unpaired) electrons. The second-order valence-corrected chi connectivity index (χ2v) is 4.79. The van der Waals surface area contributed by atoms with E-state index < -0.39 is 0 Å². The van der Waals surface area contributed by atoms with Gasteiger partial charge < -0.3 is 19.8 Å². The molecule has 3 rings (SSSR count). The third-order valence-corrected chi connectivity index (χ3v) is 3.47. The Kier molecular flexibility index (Phi) is 3.66. The van der Waals surface area contributed by atoms with Crippen LogP contribution >= 0.6 is 0 Å². The van der Waals surface area contributed by atoms with E-state index in [9.17, 15) is 4.39 Å². The summed E-state index contributed by atoms with van der Waals surface area (Å²) >= 11 is 0. The molecule has 0 saturated heterocycles. The van der Waals surface area contributed by atoms with Crippen LogP contribution in [0.1, 0.15) is 0 Å². The number of hydrogen-bond donors (Lipinski definition) is 2. The predicted octanol–water partition coefficient (Wildman–Crippen LogP) is 3.07. The number of nitrogens with one attached hydrogen (secondary N) is 2. The molecule has 0 aliphatic carbocycles. The Hall–Kier alpha value is -2.27. The Labute approximate surface area is 121 Å². The molecule has 110 valence electrons. The first-order chi connectivity index (χ1) is 10.2. The van der Waals surface area contributed by atoms with Crippen LogP contribution in [0.4, 0.5) is 4.39 Å². The van der Waals surface area contributed by atoms with Crippen LogP contribution < -0.4 is 14.8 Å². The lowest BCUT2D eigenvalue weighted by Gasteiger charge is -2.11. The Morgan fingerprint density at radius 3 is 2.81 bits per heavy atom. The number of H-pyrrole nitrogens is 1. The first kappa shape index (κ1) is 13.7. The maximum atomic E-state index is 13.5. The number of benzene rings is 2. The molecule has 21 heavy (non-hydrogen) atoms. The zero-order valence-electron chi connectivity index (χ0n) is 12.0. The van der Waals surface area contributed by atoms with Gasteiger partial charge in [0.2, 0.25) is 0 Å². The van der Waals surface area contributed by atoms with Gasteiger partial charge in [-0.1, -0.05) is 0 Å². The van der Waals surface area contributed by atoms with Crippen molar-refractivity contribution >= 4 is 21.8 Å². The molecule has 2 aromatic carbocycles. The number of aromatic nitrogens is 1. The first-order valence-electron chi connectivity index (χ1n) is 6.80. The van der Waals surface area contributed by atoms with E-state index in [2.05, 4.69) is 10.3 Å². The zero-order chi connectivity index (χ0) is 14.8. The summed E-state index contributed by atoms with van der Waals surface area (Å²) in [5.41, 5.74) is 1.70. The Morgan fingerprint density at radius 1 is 1.19 bits per heavy atom. The molecule has 0 bridgehead atoms. The van der Waals surface area contributed by atoms with Crippen LogP contribution in [0.25, 0.3) is 21.8 Å². The minimum Gasteiger partial charge on any atom is -0.493 e. The fourth-order valence-electron chi connectivity index (χ4n) is 2.45. The van der Waals surface area contributed by atoms with Gasteiger partial charge in [0, 0.05) is 22.8 Å². The summed E-state index contributed by atoms with van der Waals surface area (Å²) in [6.45, 7) is 1.25. The van der Waals surface area contributed by atoms with Gasteiger partial charge in [-0.05, 0) is 37.4 Å². The van der Waals surface area contributed by atoms with Crippen molar-refractivity contribution in [1.29, 1.82) is 0 Å². The summed E-state index contributed by atoms with van der Waals surface area (Å²) in [5.74, 6) is 1.06. The Bertz CT molecular complexity index is 783. The number of likely N-dealkylation sites (N-methyl/N-ethyl adjacent to an activating group) is 1. The highest BCUT2D eigenvalue weighted by atomic mass is 19.1. The van der Waals surface area contributed by atoms with E-state index in [1.54, 1.807) is 13.2 Å². The Morgan fingerprint density at radius 2 is 2.05 bits per heavy atom. The van der Waals surface area contributed by atoms with Gasteiger partial charge in [-0.15, -0.1) is 0 Å². The smallest absolute Gasteiger partial charge is 0.185 e. The van der Waals surface area contributed by atoms with Crippen LogP contribution in [-0.4, -0.2) is 32.3 Å². The standard InChI is InChI=1S/C16H17FN2O2/c1-18-7-8-21-16-14(20-2)6-4-11-12-9-10(17)3-5-13(12)19-15(11)16/h3-6,9,18-19H,7-8H2,1-2H3. The number of fused-ring (bicyclic) bond motifs is 3. The van der Waals surface area contributed by atoms with Crippen molar-refractivity contribution in [2.75, 3.05) is 27.3 Å². The highest BCUT2D eigenvalue weighted by Gasteiger charge is 2.14. The van der Waals surface area contributed by atoms with Gasteiger partial charge in [-0.3, -0.25) is 0 Å². The van der Waals surface area contributed by atoms with Crippen molar-refractivity contribution in [2.45, 2.75) is 0 Å². The average Bonchev–Trinajstić information content (AvgIpc) is 2.86. The van der Waals surface area contributed by atoms with Gasteiger partial charge in [0.1, 0.15) is 12.4 Å². The van der Waals surface area contributed by atoms with Gasteiger partial charge in [-0.25, -0.2) is 4.39 Å². The molecule has 0 aliphatic rings. The summed E-state index contributed by atoms with van der Waals surface area (Å²) in [7, 11) is 3.47. The maximum Gasteiger partial charge on any atom is 0.185 e. The summed E-state index contributed by atoms with van der Waals surface area (Å²) in [4.78, 5) is 3.28. The van der Waals surface area contributed by atoms with E-state index in [1.165, 1.54) is 12.1 Å². The second-order valence-electron chi connectivity index (χ2n) is 4.79. The predicted molar refractivity (Wildman–Crippen MR) is 81.7 cm³/mol. The van der Waals surface area contributed by atoms with Crippen molar-refractivity contribution in [3.05, 3.63) is 36.1 Å². The SMILES string of the molecule is CNCCOc1c(OC)ccc2c1[nH]c1ccc(F)cc12. The summed E-state index contributed by atoms with van der Waals surface area (Å²) in [5, 5.41) is 4.79. The Balaban J connectivity index is 2.19. The normalized spacial score (nSPS) is 11.2. The van der Waals surface area contributed by atoms with Gasteiger partial charge in [-0.2, -0.15) is 0 Å². The van der Waals surface area contributed by atoms with Crippen LogP contribution in [0.5, 0.6) is 11.5 Å². The molecule has 0 unspecified atom stereocenters. The molecule has 0 saturated carbocycles. The highest BCUT2D eigenvalue weighted by molar-refractivity contribution is 6.09. The quantitative estimate of drug-likeness (QED) is 0.709. The number of aromatic amines is 1. The molecular formula is C16H17FN2O2. The highest BCUT2D eigenvalue weighted by Crippen LogP contribution is 2.38. The fraction of sp³-hybridized carbons (Fsp3) is 0.250. The molecule has 1 aromatic heterocycles. The number of rotatable bonds is 5. The number of methoxy groups -OCH3 is 1. The average molecular weight is 288 g/mol. The van der Waals surface area contributed by atoms with Crippen molar-refractivity contribution in [2.24, 2.45) is 0 Å². The minimum atomic E-state index is -0.253. The third kappa shape index (κ3) is 2.40. The molecule has 0 amide bonds. The van der Waals surface area contributed by atoms with E-state index in [4.69, 9.17) is 9.47 Å². The molecular weight excluding hydrogens is 271 g/mol. The van der Waals surface area contributed by atoms with E-state index in [0.29, 0.717) is 18.1 Å². The molecule has 0 aliphatic heterocycles. The van der Waals surface area contributed by atoms with Crippen LogP contribution in [0.2, 0.25) is 0 Å². The maximum absolute atomic E-state index is 13.5. The van der Waals surface area contributed by atoms with Crippen molar-refractivity contribution in [1.82, 2.24) is 10.3 Å². The van der Waals surface area contributed by atoms with Gasteiger partial charge >= 0.3 is 0 Å². The summed E-state index contributed by atoms with van der Waals surface area (Å²) in [6, 6.07) is 8.45. The van der Waals surface area contributed by atoms with E-state index in [0.717, 1.165) is 28.4 Å². The molecule has 0 spiro atoms. The van der Waals surface area contributed by atoms with Gasteiger partial charge in [0.25, 0.3) is 0 Å². The molecule has 2 N–H and O–H groups in total. The topological polar surface area (TPSA) is 46.3 Å². The van der Waals surface area contributed by atoms with Crippen molar-refractivity contribution < 1.29 is 13.9 Å². The molecule has 5 heteroatoms. The van der Waals surface area contributed by atoms with Crippen molar-refractivity contribution in [3.8, 4) is 11.5 Å². The summed E-state index contributed by atoms with van der Waals surface area (Å²) in [6.07, 6.45) is 0. The lowest BCUT2D eigenvalue weighted by molar-refractivity contribution is 0.298. The van der Waals surface area contributed by atoms with E-state index in [-0.39, 0.29) is 5.82 Å². The third-order valence-electron chi connectivity index (χ3n) is 3.47. The second kappa shape index (κ2) is 5.61. The molecule has 0 fully saturated rings. The number of ether oxygens (including phenoxy) is 2. The number of hydrogen-bond acceptors (Lipinski definition) is 3. The van der Waals surface area contributed by atoms with Gasteiger partial charge in [0.05, 0.1) is 12.6 Å². The lowest BCUT2D eigenvalue weighted by Crippen LogP contribution is -2.16. The van der Waals surface area contributed by atoms with Crippen LogP contribution in [0.3, 0.4) is 0 Å². The largest absolute Gasteiger partial charge is 0.493 e. The van der Waals surface area contributed by atoms with Crippen molar-refractivity contribution in [3.63, 3.8) is 0 Å². The minimum absolute atomic E-state index is 0.253. The molecule has 4 nitrogen and oxygen atoms in total. The van der Waals surface area contributed by atoms with E-state index in [1.807, 2.05) is 19.2 Å². The fourth-order valence-corrected chi connectivity index (χ4v) is 2.45. The zero-order valence-corrected chi connectivity index (χ0v) is 12.0. The van der Waals surface area contributed by atoms with Crippen LogP contribution in [0.15, 0.2) is 30.3 Å².